The van der Waals surface area contributed by atoms with Crippen LogP contribution in [0, 0.1) is 11.3 Å². The van der Waals surface area contributed by atoms with E-state index in [4.69, 9.17) is 0 Å². The van der Waals surface area contributed by atoms with Crippen LogP contribution in [0.15, 0.2) is 0 Å². The maximum Gasteiger partial charge on any atom is 0.234 e. The van der Waals surface area contributed by atoms with Gasteiger partial charge in [0.2, 0.25) is 5.91 Å². The van der Waals surface area contributed by atoms with Crippen LogP contribution in [0.2, 0.25) is 0 Å². The summed E-state index contributed by atoms with van der Waals surface area (Å²) in [6.45, 7) is 6.12. The second kappa shape index (κ2) is 5.38. The molecule has 0 aromatic heterocycles. The smallest absolute Gasteiger partial charge is 0.234 e. The molecule has 0 aromatic rings. The molecule has 98 valence electrons. The Kier molecular flexibility index (Phi) is 4.08. The van der Waals surface area contributed by atoms with Crippen molar-refractivity contribution < 1.29 is 4.79 Å². The second-order valence-electron chi connectivity index (χ2n) is 6.60. The van der Waals surface area contributed by atoms with Crippen LogP contribution in [0.25, 0.3) is 0 Å². The largest absolute Gasteiger partial charge is 0.352 e. The number of carbonyl (C=O) groups excluding carboxylic acids is 1. The number of hydrogen-bond donors (Lipinski definition) is 2. The summed E-state index contributed by atoms with van der Waals surface area (Å²) >= 11 is 0. The molecule has 0 radical (unpaired) electrons. The van der Waals surface area contributed by atoms with Crippen molar-refractivity contribution in [2.75, 3.05) is 13.1 Å². The molecule has 0 heterocycles. The molecule has 2 N–H and O–H groups in total. The molecule has 0 saturated heterocycles. The number of amides is 1. The maximum atomic E-state index is 11.8. The van der Waals surface area contributed by atoms with Gasteiger partial charge < -0.3 is 10.6 Å². The minimum Gasteiger partial charge on any atom is -0.352 e. The molecule has 1 unspecified atom stereocenters. The Morgan fingerprint density at radius 1 is 1.29 bits per heavy atom. The van der Waals surface area contributed by atoms with E-state index in [0.29, 0.717) is 18.0 Å². The first-order chi connectivity index (χ1) is 8.05. The van der Waals surface area contributed by atoms with Gasteiger partial charge in [0.1, 0.15) is 0 Å². The molecule has 0 aromatic carbocycles. The van der Waals surface area contributed by atoms with Gasteiger partial charge in [-0.15, -0.1) is 0 Å². The lowest BCUT2D eigenvalue weighted by Gasteiger charge is -2.35. The van der Waals surface area contributed by atoms with Gasteiger partial charge in [-0.3, -0.25) is 4.79 Å². The third-order valence-corrected chi connectivity index (χ3v) is 3.99. The van der Waals surface area contributed by atoms with Crippen molar-refractivity contribution in [3.8, 4) is 0 Å². The van der Waals surface area contributed by atoms with E-state index in [0.717, 1.165) is 25.3 Å². The molecule has 0 aliphatic heterocycles. The van der Waals surface area contributed by atoms with E-state index in [1.54, 1.807) is 0 Å². The van der Waals surface area contributed by atoms with Crippen molar-refractivity contribution in [1.82, 2.24) is 10.6 Å². The molecule has 2 aliphatic carbocycles. The van der Waals surface area contributed by atoms with E-state index in [9.17, 15) is 4.79 Å². The lowest BCUT2D eigenvalue weighted by atomic mass is 9.75. The average molecular weight is 238 g/mol. The predicted molar refractivity (Wildman–Crippen MR) is 69.8 cm³/mol. The number of rotatable bonds is 5. The first kappa shape index (κ1) is 12.9. The summed E-state index contributed by atoms with van der Waals surface area (Å²) in [7, 11) is 0. The summed E-state index contributed by atoms with van der Waals surface area (Å²) in [5, 5.41) is 6.41. The third-order valence-electron chi connectivity index (χ3n) is 3.99. The fourth-order valence-electron chi connectivity index (χ4n) is 2.81. The molecule has 3 heteroatoms. The van der Waals surface area contributed by atoms with Crippen LogP contribution >= 0.6 is 0 Å². The Bertz CT molecular complexity index is 271. The first-order valence-electron chi connectivity index (χ1n) is 7.05. The molecule has 3 nitrogen and oxygen atoms in total. The van der Waals surface area contributed by atoms with Gasteiger partial charge in [-0.1, -0.05) is 20.3 Å². The monoisotopic (exact) mass is 238 g/mol. The third kappa shape index (κ3) is 4.66. The standard InChI is InChI=1S/C14H26N2O/c1-14(2)7-3-4-12(8-14)16-13(17)10-15-9-11-5-6-11/h11-12,15H,3-10H2,1-2H3,(H,16,17). The van der Waals surface area contributed by atoms with Gasteiger partial charge in [-0.2, -0.15) is 0 Å². The minimum absolute atomic E-state index is 0.174. The van der Waals surface area contributed by atoms with Crippen LogP contribution in [0.1, 0.15) is 52.4 Å². The van der Waals surface area contributed by atoms with Crippen LogP contribution in [0.4, 0.5) is 0 Å². The summed E-state index contributed by atoms with van der Waals surface area (Å²) in [5.74, 6) is 1.02. The molecule has 0 bridgehead atoms. The average Bonchev–Trinajstić information content (AvgIpc) is 2.99. The van der Waals surface area contributed by atoms with E-state index in [2.05, 4.69) is 24.5 Å². The topological polar surface area (TPSA) is 41.1 Å². The van der Waals surface area contributed by atoms with Crippen LogP contribution < -0.4 is 10.6 Å². The highest BCUT2D eigenvalue weighted by molar-refractivity contribution is 5.78. The lowest BCUT2D eigenvalue weighted by Crippen LogP contribution is -2.44. The van der Waals surface area contributed by atoms with Gasteiger partial charge >= 0.3 is 0 Å². The number of hydrogen-bond acceptors (Lipinski definition) is 2. The Morgan fingerprint density at radius 2 is 2.06 bits per heavy atom. The Balaban J connectivity index is 1.63. The molecule has 2 saturated carbocycles. The van der Waals surface area contributed by atoms with Gasteiger partial charge in [0.15, 0.2) is 0 Å². The Hall–Kier alpha value is -0.570. The zero-order valence-corrected chi connectivity index (χ0v) is 11.2. The molecular formula is C14H26N2O. The first-order valence-corrected chi connectivity index (χ1v) is 7.05. The predicted octanol–water partition coefficient (Wildman–Crippen LogP) is 2.07. The highest BCUT2D eigenvalue weighted by Gasteiger charge is 2.28. The van der Waals surface area contributed by atoms with Gasteiger partial charge in [0, 0.05) is 6.04 Å². The van der Waals surface area contributed by atoms with Gasteiger partial charge in [0.25, 0.3) is 0 Å². The van der Waals surface area contributed by atoms with Crippen LogP contribution in [0.3, 0.4) is 0 Å². The SMILES string of the molecule is CC1(C)CCCC(NC(=O)CNCC2CC2)C1. The fraction of sp³-hybridized carbons (Fsp3) is 0.929. The van der Waals surface area contributed by atoms with E-state index in [-0.39, 0.29) is 5.91 Å². The Morgan fingerprint density at radius 3 is 2.71 bits per heavy atom. The Labute approximate surface area is 105 Å². The molecule has 2 fully saturated rings. The summed E-state index contributed by atoms with van der Waals surface area (Å²) < 4.78 is 0. The highest BCUT2D eigenvalue weighted by Crippen LogP contribution is 2.35. The zero-order chi connectivity index (χ0) is 12.3. The molecule has 17 heavy (non-hydrogen) atoms. The molecule has 0 spiro atoms. The van der Waals surface area contributed by atoms with Gasteiger partial charge in [-0.25, -0.2) is 0 Å². The van der Waals surface area contributed by atoms with E-state index < -0.39 is 0 Å². The molecule has 1 amide bonds. The summed E-state index contributed by atoms with van der Waals surface area (Å²) in [5.41, 5.74) is 0.400. The van der Waals surface area contributed by atoms with Crippen molar-refractivity contribution >= 4 is 5.91 Å². The van der Waals surface area contributed by atoms with Crippen molar-refractivity contribution in [3.63, 3.8) is 0 Å². The summed E-state index contributed by atoms with van der Waals surface area (Å²) in [6.07, 6.45) is 7.49. The minimum atomic E-state index is 0.174. The normalized spacial score (nSPS) is 27.8. The van der Waals surface area contributed by atoms with Crippen molar-refractivity contribution in [3.05, 3.63) is 0 Å². The van der Waals surface area contributed by atoms with Crippen LogP contribution in [-0.4, -0.2) is 25.0 Å². The quantitative estimate of drug-likeness (QED) is 0.770. The number of nitrogens with one attached hydrogen (secondary N) is 2. The van der Waals surface area contributed by atoms with Crippen LogP contribution in [0.5, 0.6) is 0 Å². The van der Waals surface area contributed by atoms with Crippen molar-refractivity contribution in [1.29, 1.82) is 0 Å². The molecular weight excluding hydrogens is 212 g/mol. The van der Waals surface area contributed by atoms with Crippen molar-refractivity contribution in [2.45, 2.75) is 58.4 Å². The van der Waals surface area contributed by atoms with Gasteiger partial charge in [-0.05, 0) is 50.0 Å². The zero-order valence-electron chi connectivity index (χ0n) is 11.2. The van der Waals surface area contributed by atoms with E-state index >= 15 is 0 Å². The molecule has 2 aliphatic rings. The van der Waals surface area contributed by atoms with E-state index in [1.165, 1.54) is 25.7 Å². The molecule has 2 rings (SSSR count). The summed E-state index contributed by atoms with van der Waals surface area (Å²) in [4.78, 5) is 11.8. The molecule has 1 atom stereocenters. The highest BCUT2D eigenvalue weighted by atomic mass is 16.1. The lowest BCUT2D eigenvalue weighted by molar-refractivity contribution is -0.121. The van der Waals surface area contributed by atoms with Crippen LogP contribution in [-0.2, 0) is 4.79 Å². The summed E-state index contributed by atoms with van der Waals surface area (Å²) in [6, 6.07) is 0.397. The fourth-order valence-corrected chi connectivity index (χ4v) is 2.81. The maximum absolute atomic E-state index is 11.8. The second-order valence-corrected chi connectivity index (χ2v) is 6.60. The van der Waals surface area contributed by atoms with Crippen molar-refractivity contribution in [2.24, 2.45) is 11.3 Å². The van der Waals surface area contributed by atoms with Gasteiger partial charge in [0.05, 0.1) is 6.54 Å². The van der Waals surface area contributed by atoms with E-state index in [1.807, 2.05) is 0 Å². The number of carbonyl (C=O) groups is 1.